The molecule has 2 aliphatic rings. The predicted molar refractivity (Wildman–Crippen MR) is 121 cm³/mol. The van der Waals surface area contributed by atoms with Crippen LogP contribution in [0.15, 0.2) is 59.8 Å². The van der Waals surface area contributed by atoms with Crippen molar-refractivity contribution in [3.8, 4) is 11.4 Å². The molecule has 8 heteroatoms. The van der Waals surface area contributed by atoms with Crippen LogP contribution in [0, 0.1) is 0 Å². The number of hydrogen-bond donors (Lipinski definition) is 1. The quantitative estimate of drug-likeness (QED) is 0.599. The zero-order valence-electron chi connectivity index (χ0n) is 17.2. The van der Waals surface area contributed by atoms with E-state index in [0.29, 0.717) is 29.9 Å². The minimum absolute atomic E-state index is 0.124. The highest BCUT2D eigenvalue weighted by Gasteiger charge is 2.31. The maximum absolute atomic E-state index is 12.8. The Balaban J connectivity index is 1.18. The first kappa shape index (κ1) is 19.9. The molecule has 0 bridgehead atoms. The summed E-state index contributed by atoms with van der Waals surface area (Å²) in [5.41, 5.74) is 2.09. The molecule has 0 atom stereocenters. The lowest BCUT2D eigenvalue weighted by molar-refractivity contribution is -0.128. The van der Waals surface area contributed by atoms with E-state index >= 15 is 0 Å². The first-order valence-corrected chi connectivity index (χ1v) is 11.6. The van der Waals surface area contributed by atoms with Gasteiger partial charge >= 0.3 is 0 Å². The molecule has 1 amide bonds. The van der Waals surface area contributed by atoms with Gasteiger partial charge in [-0.3, -0.25) is 4.79 Å². The second-order valence-electron chi connectivity index (χ2n) is 7.95. The predicted octanol–water partition coefficient (Wildman–Crippen LogP) is 3.29. The van der Waals surface area contributed by atoms with Crippen LogP contribution in [0.1, 0.15) is 24.6 Å². The maximum atomic E-state index is 12.8. The Kier molecular flexibility index (Phi) is 5.55. The van der Waals surface area contributed by atoms with Gasteiger partial charge in [0.15, 0.2) is 0 Å². The number of piperazine rings is 1. The zero-order chi connectivity index (χ0) is 21.2. The van der Waals surface area contributed by atoms with Gasteiger partial charge in [0, 0.05) is 37.8 Å². The second-order valence-corrected chi connectivity index (χ2v) is 8.89. The highest BCUT2D eigenvalue weighted by Crippen LogP contribution is 2.40. The van der Waals surface area contributed by atoms with Crippen LogP contribution in [-0.4, -0.2) is 62.6 Å². The summed E-state index contributed by atoms with van der Waals surface area (Å²) in [4.78, 5) is 21.7. The third-order valence-corrected chi connectivity index (χ3v) is 6.55. The smallest absolute Gasteiger partial charge is 0.233 e. The number of hydrogen-bond acceptors (Lipinski definition) is 6. The van der Waals surface area contributed by atoms with Gasteiger partial charge in [-0.1, -0.05) is 30.0 Å². The van der Waals surface area contributed by atoms with E-state index in [-0.39, 0.29) is 11.7 Å². The Morgan fingerprint density at radius 1 is 0.968 bits per heavy atom. The molecule has 3 aromatic rings. The number of aromatic hydroxyl groups is 1. The van der Waals surface area contributed by atoms with E-state index in [1.165, 1.54) is 11.8 Å². The van der Waals surface area contributed by atoms with Crippen LogP contribution in [-0.2, 0) is 4.79 Å². The first-order chi connectivity index (χ1) is 15.2. The third-order valence-electron chi connectivity index (χ3n) is 5.73. The number of carbonyl (C=O) groups excluding carboxylic acids is 1. The van der Waals surface area contributed by atoms with Crippen molar-refractivity contribution in [2.45, 2.75) is 23.9 Å². The Morgan fingerprint density at radius 2 is 1.68 bits per heavy atom. The van der Waals surface area contributed by atoms with Crippen molar-refractivity contribution in [2.75, 3.05) is 36.8 Å². The largest absolute Gasteiger partial charge is 0.508 e. The van der Waals surface area contributed by atoms with Crippen molar-refractivity contribution < 1.29 is 9.90 Å². The Labute approximate surface area is 185 Å². The molecule has 1 saturated heterocycles. The molecular weight excluding hydrogens is 410 g/mol. The van der Waals surface area contributed by atoms with Crippen molar-refractivity contribution in [1.29, 1.82) is 0 Å². The minimum Gasteiger partial charge on any atom is -0.508 e. The average molecular weight is 436 g/mol. The van der Waals surface area contributed by atoms with Crippen LogP contribution in [0.3, 0.4) is 0 Å². The molecule has 160 valence electrons. The SMILES string of the molecule is O=C(CSc1nc(C2CC2)n(-c2ccccc2)n1)N1CCN(c2ccc(O)cc2)CC1. The number of phenols is 1. The number of anilines is 1. The zero-order valence-corrected chi connectivity index (χ0v) is 18.0. The molecule has 1 aliphatic carbocycles. The number of thioether (sulfide) groups is 1. The van der Waals surface area contributed by atoms with E-state index in [9.17, 15) is 9.90 Å². The van der Waals surface area contributed by atoms with Crippen LogP contribution >= 0.6 is 11.8 Å². The van der Waals surface area contributed by atoms with Crippen molar-refractivity contribution in [2.24, 2.45) is 0 Å². The van der Waals surface area contributed by atoms with Gasteiger partial charge in [-0.2, -0.15) is 0 Å². The summed E-state index contributed by atoms with van der Waals surface area (Å²) in [6.07, 6.45) is 2.31. The Bertz CT molecular complexity index is 1040. The molecule has 0 unspecified atom stereocenters. The van der Waals surface area contributed by atoms with E-state index in [1.807, 2.05) is 52.0 Å². The number of aromatic nitrogens is 3. The number of amides is 1. The summed E-state index contributed by atoms with van der Waals surface area (Å²) in [5.74, 6) is 2.22. The Hall–Kier alpha value is -3.00. The van der Waals surface area contributed by atoms with Crippen molar-refractivity contribution in [3.63, 3.8) is 0 Å². The normalized spacial score (nSPS) is 16.5. The topological polar surface area (TPSA) is 74.5 Å². The van der Waals surface area contributed by atoms with E-state index in [4.69, 9.17) is 4.98 Å². The molecule has 1 aromatic heterocycles. The summed E-state index contributed by atoms with van der Waals surface area (Å²) < 4.78 is 1.93. The second kappa shape index (κ2) is 8.63. The van der Waals surface area contributed by atoms with E-state index in [1.54, 1.807) is 12.1 Å². The van der Waals surface area contributed by atoms with Crippen molar-refractivity contribution in [3.05, 3.63) is 60.4 Å². The van der Waals surface area contributed by atoms with Crippen LogP contribution < -0.4 is 4.90 Å². The summed E-state index contributed by atoms with van der Waals surface area (Å²) in [6.45, 7) is 2.96. The number of rotatable bonds is 6. The van der Waals surface area contributed by atoms with Gasteiger partial charge in [-0.25, -0.2) is 9.67 Å². The van der Waals surface area contributed by atoms with Gasteiger partial charge in [0.2, 0.25) is 11.1 Å². The number of phenolic OH excluding ortho intramolecular Hbond substituents is 1. The fourth-order valence-electron chi connectivity index (χ4n) is 3.83. The maximum Gasteiger partial charge on any atom is 0.233 e. The van der Waals surface area contributed by atoms with Crippen LogP contribution in [0.2, 0.25) is 0 Å². The lowest BCUT2D eigenvalue weighted by Gasteiger charge is -2.36. The Morgan fingerprint density at radius 3 is 2.35 bits per heavy atom. The van der Waals surface area contributed by atoms with Crippen molar-refractivity contribution >= 4 is 23.4 Å². The van der Waals surface area contributed by atoms with E-state index < -0.39 is 0 Å². The average Bonchev–Trinajstić information content (AvgIpc) is 3.58. The monoisotopic (exact) mass is 435 g/mol. The molecule has 2 fully saturated rings. The molecule has 2 heterocycles. The van der Waals surface area contributed by atoms with Crippen LogP contribution in [0.25, 0.3) is 5.69 Å². The molecule has 31 heavy (non-hydrogen) atoms. The van der Waals surface area contributed by atoms with Gasteiger partial charge < -0.3 is 14.9 Å². The van der Waals surface area contributed by atoms with Gasteiger partial charge in [0.05, 0.1) is 11.4 Å². The fraction of sp³-hybridized carbons (Fsp3) is 0.348. The van der Waals surface area contributed by atoms with Gasteiger partial charge in [-0.15, -0.1) is 5.10 Å². The summed E-state index contributed by atoms with van der Waals surface area (Å²) in [7, 11) is 0. The van der Waals surface area contributed by atoms with Gasteiger partial charge in [-0.05, 0) is 49.2 Å². The number of para-hydroxylation sites is 1. The molecule has 2 aromatic carbocycles. The molecular formula is C23H25N5O2S. The molecule has 0 radical (unpaired) electrons. The lowest BCUT2D eigenvalue weighted by atomic mass is 10.2. The fourth-order valence-corrected chi connectivity index (χ4v) is 4.56. The molecule has 7 nitrogen and oxygen atoms in total. The van der Waals surface area contributed by atoms with Crippen LogP contribution in [0.4, 0.5) is 5.69 Å². The van der Waals surface area contributed by atoms with Gasteiger partial charge in [0.1, 0.15) is 11.6 Å². The summed E-state index contributed by atoms with van der Waals surface area (Å²) in [5, 5.41) is 14.8. The van der Waals surface area contributed by atoms with Crippen molar-refractivity contribution in [1.82, 2.24) is 19.7 Å². The highest BCUT2D eigenvalue weighted by molar-refractivity contribution is 7.99. The highest BCUT2D eigenvalue weighted by atomic mass is 32.2. The third kappa shape index (κ3) is 4.54. The van der Waals surface area contributed by atoms with E-state index in [0.717, 1.165) is 43.1 Å². The lowest BCUT2D eigenvalue weighted by Crippen LogP contribution is -2.49. The molecule has 1 saturated carbocycles. The number of nitrogens with zero attached hydrogens (tertiary/aromatic N) is 5. The number of benzene rings is 2. The van der Waals surface area contributed by atoms with E-state index in [2.05, 4.69) is 10.00 Å². The molecule has 0 spiro atoms. The molecule has 1 aliphatic heterocycles. The minimum atomic E-state index is 0.124. The van der Waals surface area contributed by atoms with Crippen LogP contribution in [0.5, 0.6) is 5.75 Å². The molecule has 1 N–H and O–H groups in total. The first-order valence-electron chi connectivity index (χ1n) is 10.6. The van der Waals surface area contributed by atoms with Gasteiger partial charge in [0.25, 0.3) is 0 Å². The standard InChI is InChI=1S/C23H25N5O2S/c29-20-10-8-18(9-11-20)26-12-14-27(15-13-26)21(30)16-31-23-24-22(17-6-7-17)28(25-23)19-4-2-1-3-5-19/h1-5,8-11,17,29H,6-7,12-16H2. The number of carbonyl (C=O) groups is 1. The molecule has 5 rings (SSSR count). The summed E-state index contributed by atoms with van der Waals surface area (Å²) >= 11 is 1.42. The summed E-state index contributed by atoms with van der Waals surface area (Å²) in [6, 6.07) is 17.3.